The van der Waals surface area contributed by atoms with E-state index in [1.54, 1.807) is 20.8 Å². The fourth-order valence-electron chi connectivity index (χ4n) is 1.19. The van der Waals surface area contributed by atoms with Crippen LogP contribution in [0.15, 0.2) is 4.99 Å². The molecule has 130 valence electrons. The molecular weight excluding hydrogens is 367 g/mol. The quantitative estimate of drug-likeness (QED) is 0.158. The molecule has 2 unspecified atom stereocenters. The smallest absolute Gasteiger partial charge is 0.756 e. The van der Waals surface area contributed by atoms with Gasteiger partial charge in [-0.25, -0.2) is 0 Å². The molecule has 0 aromatic heterocycles. The maximum atomic E-state index is 11.3. The van der Waals surface area contributed by atoms with Crippen LogP contribution in [0, 0.1) is 0 Å². The van der Waals surface area contributed by atoms with Crippen molar-refractivity contribution in [1.29, 1.82) is 0 Å². The first-order valence-corrected chi connectivity index (χ1v) is 7.79. The van der Waals surface area contributed by atoms with E-state index >= 15 is 0 Å². The van der Waals surface area contributed by atoms with Crippen LogP contribution in [0.4, 0.5) is 0 Å². The zero-order chi connectivity index (χ0) is 17.6. The second-order valence-electron chi connectivity index (χ2n) is 5.37. The molecule has 0 fully saturated rings. The zero-order valence-electron chi connectivity index (χ0n) is 14.5. The number of aliphatic imine (C=N–C) groups is 1. The van der Waals surface area contributed by atoms with Gasteiger partial charge in [-0.05, 0) is 6.42 Å². The summed E-state index contributed by atoms with van der Waals surface area (Å²) in [5.41, 5.74) is -0.720. The maximum Gasteiger partial charge on any atom is 1.00 e. The predicted molar refractivity (Wildman–Crippen MR) is 70.6 cm³/mol. The van der Waals surface area contributed by atoms with Crippen molar-refractivity contribution in [2.75, 3.05) is 13.2 Å². The Bertz CT molecular complexity index is 449. The Morgan fingerprint density at radius 1 is 1.29 bits per heavy atom. The first kappa shape index (κ1) is 29.7. The number of carbonyl (C=O) groups excluding carboxylic acids is 1. The molecule has 0 rings (SSSR count). The minimum Gasteiger partial charge on any atom is -0.756 e. The Labute approximate surface area is 184 Å². The predicted octanol–water partition coefficient (Wildman–Crippen LogP) is -8.32. The molecule has 0 saturated heterocycles. The van der Waals surface area contributed by atoms with Gasteiger partial charge in [-0.1, -0.05) is 20.8 Å². The Kier molecular flexibility index (Phi) is 16.3. The number of aliphatic hydroxyl groups is 2. The molecule has 10 nitrogen and oxygen atoms in total. The van der Waals surface area contributed by atoms with Gasteiger partial charge in [0.25, 0.3) is 7.82 Å². The number of hydrogen-bond donors (Lipinski definition) is 3. The van der Waals surface area contributed by atoms with Gasteiger partial charge in [0.05, 0.1) is 6.10 Å². The molecule has 0 bridgehead atoms. The second kappa shape index (κ2) is 13.2. The summed E-state index contributed by atoms with van der Waals surface area (Å²) in [4.78, 5) is 33.3. The van der Waals surface area contributed by atoms with E-state index in [4.69, 9.17) is 9.63 Å². The molecule has 3 N–H and O–H groups in total. The number of phosphoric ester groups is 1. The Hall–Kier alpha value is 0.970. The summed E-state index contributed by atoms with van der Waals surface area (Å²) >= 11 is 0. The molecule has 0 aromatic rings. The minimum atomic E-state index is -5.09. The van der Waals surface area contributed by atoms with Crippen molar-refractivity contribution in [2.24, 2.45) is 4.99 Å². The summed E-state index contributed by atoms with van der Waals surface area (Å²) in [5.74, 6) is -1.14. The van der Waals surface area contributed by atoms with E-state index in [1.165, 1.54) is 0 Å². The van der Waals surface area contributed by atoms with Gasteiger partial charge in [0.2, 0.25) is 0 Å². The first-order chi connectivity index (χ1) is 9.82. The van der Waals surface area contributed by atoms with Crippen molar-refractivity contribution >= 4 is 19.7 Å². The molecule has 0 saturated carbocycles. The molecule has 0 aliphatic rings. The van der Waals surface area contributed by atoms with Gasteiger partial charge in [0.15, 0.2) is 5.78 Å². The number of nitrogens with zero attached hydrogens (tertiary/aromatic N) is 1. The van der Waals surface area contributed by atoms with Crippen LogP contribution in [0.25, 0.3) is 0 Å². The summed E-state index contributed by atoms with van der Waals surface area (Å²) in [7, 11) is -5.09. The average molecular weight is 387 g/mol. The molecular formula is C11H20NNa2O9P. The van der Waals surface area contributed by atoms with Gasteiger partial charge < -0.3 is 34.4 Å². The molecule has 0 aliphatic carbocycles. The van der Waals surface area contributed by atoms with Crippen molar-refractivity contribution in [3.63, 3.8) is 0 Å². The van der Waals surface area contributed by atoms with Gasteiger partial charge in [0, 0.05) is 12.1 Å². The van der Waals surface area contributed by atoms with Crippen LogP contribution < -0.4 is 69.1 Å². The normalized spacial score (nSPS) is 16.9. The van der Waals surface area contributed by atoms with Crippen LogP contribution >= 0.6 is 7.82 Å². The van der Waals surface area contributed by atoms with E-state index in [-0.39, 0.29) is 72.1 Å². The van der Waals surface area contributed by atoms with Crippen LogP contribution in [-0.2, 0) is 18.6 Å². The van der Waals surface area contributed by atoms with Gasteiger partial charge in [-0.3, -0.25) is 14.4 Å². The van der Waals surface area contributed by atoms with Crippen LogP contribution in [0.5, 0.6) is 0 Å². The third-order valence-corrected chi connectivity index (χ3v) is 2.58. The topological polar surface area (TPSA) is 172 Å². The summed E-state index contributed by atoms with van der Waals surface area (Å²) in [6.07, 6.45) is -4.59. The molecule has 13 heteroatoms. The SMILES string of the molecule is CC(C)(C)OC([O-])=NCCC(O)[C@H](O)C(=O)COP(=O)([O-])O.[Na+].[Na+]. The van der Waals surface area contributed by atoms with Crippen molar-refractivity contribution in [2.45, 2.75) is 45.0 Å². The van der Waals surface area contributed by atoms with Gasteiger partial charge in [-0.15, -0.1) is 0 Å². The van der Waals surface area contributed by atoms with Crippen molar-refractivity contribution in [3.05, 3.63) is 0 Å². The number of ether oxygens (including phenoxy) is 1. The maximum absolute atomic E-state index is 11.3. The number of rotatable bonds is 8. The van der Waals surface area contributed by atoms with Gasteiger partial charge >= 0.3 is 59.1 Å². The summed E-state index contributed by atoms with van der Waals surface area (Å²) < 4.78 is 19.0. The molecule has 3 atom stereocenters. The van der Waals surface area contributed by atoms with E-state index in [1.807, 2.05) is 0 Å². The van der Waals surface area contributed by atoms with Crippen molar-refractivity contribution in [1.82, 2.24) is 0 Å². The van der Waals surface area contributed by atoms with Crippen LogP contribution in [-0.4, -0.2) is 57.9 Å². The Morgan fingerprint density at radius 2 is 1.79 bits per heavy atom. The van der Waals surface area contributed by atoms with E-state index in [0.29, 0.717) is 0 Å². The third-order valence-electron chi connectivity index (χ3n) is 2.12. The van der Waals surface area contributed by atoms with Crippen LogP contribution in [0.1, 0.15) is 27.2 Å². The molecule has 0 heterocycles. The van der Waals surface area contributed by atoms with Crippen molar-refractivity contribution < 1.29 is 103 Å². The standard InChI is InChI=1S/C11H22NO9P.2Na/c1-11(2,3)21-10(16)12-5-4-7(13)9(15)8(14)6-20-22(17,18)19;;/h7,9,13,15H,4-6H2,1-3H3,(H,12,16)(H2,17,18,19);;/q;2*+1/p-2/t7?,9-;;/m0../s1. The second-order valence-corrected chi connectivity index (χ2v) is 6.57. The molecule has 0 radical (unpaired) electrons. The summed E-state index contributed by atoms with van der Waals surface area (Å²) in [5, 5.41) is 30.2. The molecule has 24 heavy (non-hydrogen) atoms. The number of carbonyl (C=O) groups is 1. The summed E-state index contributed by atoms with van der Waals surface area (Å²) in [6.45, 7) is 3.62. The monoisotopic (exact) mass is 387 g/mol. The minimum absolute atomic E-state index is 0. The van der Waals surface area contributed by atoms with Crippen LogP contribution in [0.2, 0.25) is 0 Å². The molecule has 0 aromatic carbocycles. The van der Waals surface area contributed by atoms with Gasteiger partial charge in [0.1, 0.15) is 18.8 Å². The number of ketones is 1. The zero-order valence-corrected chi connectivity index (χ0v) is 19.4. The van der Waals surface area contributed by atoms with E-state index in [9.17, 15) is 29.6 Å². The molecule has 0 spiro atoms. The third kappa shape index (κ3) is 16.4. The number of phosphoric acid groups is 1. The fourth-order valence-corrected chi connectivity index (χ4v) is 1.48. The molecule has 0 aliphatic heterocycles. The van der Waals surface area contributed by atoms with Crippen LogP contribution in [0.3, 0.4) is 0 Å². The Balaban J connectivity index is -0.00000220. The largest absolute Gasteiger partial charge is 1.00 e. The fraction of sp³-hybridized carbons (Fsp3) is 0.818. The van der Waals surface area contributed by atoms with E-state index < -0.39 is 44.1 Å². The average Bonchev–Trinajstić information content (AvgIpc) is 2.31. The number of hydrogen-bond acceptors (Lipinski definition) is 9. The number of Topliss-reactive ketones (excluding diaryl/α,β-unsaturated/α-hetero) is 1. The van der Waals surface area contributed by atoms with Crippen molar-refractivity contribution in [3.8, 4) is 0 Å². The number of aliphatic hydroxyl groups excluding tert-OH is 2. The van der Waals surface area contributed by atoms with Gasteiger partial charge in [-0.2, -0.15) is 0 Å². The van der Waals surface area contributed by atoms with E-state index in [0.717, 1.165) is 0 Å². The summed E-state index contributed by atoms with van der Waals surface area (Å²) in [6, 6.07) is 0. The Morgan fingerprint density at radius 3 is 2.21 bits per heavy atom. The first-order valence-electron chi connectivity index (χ1n) is 6.29. The molecule has 0 amide bonds. The van der Waals surface area contributed by atoms with E-state index in [2.05, 4.69) is 9.52 Å².